The SMILES string of the molecule is Cc1cccc(C)c1NC(=O)CN1CC(CO)C1. The van der Waals surface area contributed by atoms with Gasteiger partial charge < -0.3 is 10.4 Å². The van der Waals surface area contributed by atoms with Gasteiger partial charge in [0.1, 0.15) is 0 Å². The van der Waals surface area contributed by atoms with Crippen LogP contribution in [-0.2, 0) is 4.79 Å². The van der Waals surface area contributed by atoms with Gasteiger partial charge in [0.2, 0.25) is 5.91 Å². The van der Waals surface area contributed by atoms with Crippen molar-refractivity contribution >= 4 is 11.6 Å². The van der Waals surface area contributed by atoms with Gasteiger partial charge in [-0.05, 0) is 25.0 Å². The minimum Gasteiger partial charge on any atom is -0.396 e. The van der Waals surface area contributed by atoms with E-state index in [1.165, 1.54) is 0 Å². The summed E-state index contributed by atoms with van der Waals surface area (Å²) in [4.78, 5) is 13.9. The number of carbonyl (C=O) groups excluding carboxylic acids is 1. The van der Waals surface area contributed by atoms with Crippen molar-refractivity contribution in [1.29, 1.82) is 0 Å². The molecule has 0 radical (unpaired) electrons. The molecule has 2 N–H and O–H groups in total. The Morgan fingerprint density at radius 2 is 2.00 bits per heavy atom. The highest BCUT2D eigenvalue weighted by Crippen LogP contribution is 2.20. The van der Waals surface area contributed by atoms with E-state index in [-0.39, 0.29) is 12.5 Å². The minimum absolute atomic E-state index is 0.0174. The smallest absolute Gasteiger partial charge is 0.238 e. The molecule has 1 saturated heterocycles. The average molecular weight is 248 g/mol. The van der Waals surface area contributed by atoms with Crippen LogP contribution in [0.1, 0.15) is 11.1 Å². The predicted octanol–water partition coefficient (Wildman–Crippen LogP) is 1.17. The highest BCUT2D eigenvalue weighted by Gasteiger charge is 2.27. The summed E-state index contributed by atoms with van der Waals surface area (Å²) in [7, 11) is 0. The molecule has 1 aliphatic heterocycles. The maximum absolute atomic E-state index is 11.9. The van der Waals surface area contributed by atoms with Crippen molar-refractivity contribution < 1.29 is 9.90 Å². The van der Waals surface area contributed by atoms with Gasteiger partial charge in [-0.3, -0.25) is 9.69 Å². The molecule has 1 fully saturated rings. The molecule has 0 unspecified atom stereocenters. The van der Waals surface area contributed by atoms with E-state index < -0.39 is 0 Å². The van der Waals surface area contributed by atoms with Crippen molar-refractivity contribution in [3.05, 3.63) is 29.3 Å². The van der Waals surface area contributed by atoms with Crippen LogP contribution in [0.4, 0.5) is 5.69 Å². The van der Waals surface area contributed by atoms with Crippen molar-refractivity contribution in [1.82, 2.24) is 4.90 Å². The summed E-state index contributed by atoms with van der Waals surface area (Å²) in [6.07, 6.45) is 0. The molecule has 2 rings (SSSR count). The van der Waals surface area contributed by atoms with Gasteiger partial charge in [-0.15, -0.1) is 0 Å². The van der Waals surface area contributed by atoms with Gasteiger partial charge in [-0.2, -0.15) is 0 Å². The van der Waals surface area contributed by atoms with E-state index in [1.54, 1.807) is 0 Å². The Kier molecular flexibility index (Phi) is 3.99. The number of rotatable bonds is 4. The molecule has 1 aromatic rings. The number of hydrogen-bond acceptors (Lipinski definition) is 3. The summed E-state index contributed by atoms with van der Waals surface area (Å²) in [6.45, 7) is 6.24. The zero-order chi connectivity index (χ0) is 13.1. The maximum atomic E-state index is 11.9. The van der Waals surface area contributed by atoms with Gasteiger partial charge in [0.25, 0.3) is 0 Å². The molecule has 0 aliphatic carbocycles. The average Bonchev–Trinajstić information content (AvgIpc) is 2.28. The molecular formula is C14H20N2O2. The number of benzene rings is 1. The molecule has 1 aromatic carbocycles. The molecule has 0 aromatic heterocycles. The Labute approximate surface area is 108 Å². The van der Waals surface area contributed by atoms with E-state index in [0.717, 1.165) is 29.9 Å². The lowest BCUT2D eigenvalue weighted by molar-refractivity contribution is -0.119. The summed E-state index contributed by atoms with van der Waals surface area (Å²) >= 11 is 0. The normalized spacial score (nSPS) is 16.4. The lowest BCUT2D eigenvalue weighted by Gasteiger charge is -2.37. The molecular weight excluding hydrogens is 228 g/mol. The summed E-state index contributed by atoms with van der Waals surface area (Å²) < 4.78 is 0. The second kappa shape index (κ2) is 5.50. The molecule has 1 aliphatic rings. The number of nitrogens with one attached hydrogen (secondary N) is 1. The van der Waals surface area contributed by atoms with E-state index >= 15 is 0 Å². The number of anilines is 1. The van der Waals surface area contributed by atoms with Crippen molar-refractivity contribution in [2.45, 2.75) is 13.8 Å². The van der Waals surface area contributed by atoms with Gasteiger partial charge in [0, 0.05) is 31.3 Å². The van der Waals surface area contributed by atoms with Crippen molar-refractivity contribution in [2.24, 2.45) is 5.92 Å². The number of amides is 1. The molecule has 18 heavy (non-hydrogen) atoms. The second-order valence-corrected chi connectivity index (χ2v) is 5.06. The van der Waals surface area contributed by atoms with Crippen molar-refractivity contribution in [2.75, 3.05) is 31.6 Å². The third-order valence-electron chi connectivity index (χ3n) is 3.40. The fourth-order valence-corrected chi connectivity index (χ4v) is 2.32. The molecule has 4 heteroatoms. The number of para-hydroxylation sites is 1. The third-order valence-corrected chi connectivity index (χ3v) is 3.40. The van der Waals surface area contributed by atoms with Gasteiger partial charge >= 0.3 is 0 Å². The first-order valence-electron chi connectivity index (χ1n) is 6.29. The number of nitrogens with zero attached hydrogens (tertiary/aromatic N) is 1. The van der Waals surface area contributed by atoms with Gasteiger partial charge in [-0.1, -0.05) is 18.2 Å². The quantitative estimate of drug-likeness (QED) is 0.841. The van der Waals surface area contributed by atoms with Crippen LogP contribution in [0, 0.1) is 19.8 Å². The first kappa shape index (κ1) is 13.1. The largest absolute Gasteiger partial charge is 0.396 e. The van der Waals surface area contributed by atoms with E-state index in [0.29, 0.717) is 12.5 Å². The fraction of sp³-hybridized carbons (Fsp3) is 0.500. The Balaban J connectivity index is 1.88. The molecule has 4 nitrogen and oxygen atoms in total. The number of aliphatic hydroxyl groups is 1. The van der Waals surface area contributed by atoms with Crippen LogP contribution in [0.5, 0.6) is 0 Å². The first-order chi connectivity index (χ1) is 8.60. The number of carbonyl (C=O) groups is 1. The second-order valence-electron chi connectivity index (χ2n) is 5.06. The Hall–Kier alpha value is -1.39. The topological polar surface area (TPSA) is 52.6 Å². The Bertz CT molecular complexity index is 419. The molecule has 98 valence electrons. The van der Waals surface area contributed by atoms with E-state index in [2.05, 4.69) is 5.32 Å². The minimum atomic E-state index is 0.0174. The lowest BCUT2D eigenvalue weighted by Crippen LogP contribution is -2.51. The van der Waals surface area contributed by atoms with Crippen molar-refractivity contribution in [3.8, 4) is 0 Å². The highest BCUT2D eigenvalue weighted by atomic mass is 16.3. The highest BCUT2D eigenvalue weighted by molar-refractivity contribution is 5.93. The number of aryl methyl sites for hydroxylation is 2. The van der Waals surface area contributed by atoms with E-state index in [4.69, 9.17) is 5.11 Å². The lowest BCUT2D eigenvalue weighted by atomic mass is 10.0. The monoisotopic (exact) mass is 248 g/mol. The molecule has 0 atom stereocenters. The maximum Gasteiger partial charge on any atom is 0.238 e. The molecule has 0 bridgehead atoms. The van der Waals surface area contributed by atoms with E-state index in [1.807, 2.05) is 36.9 Å². The van der Waals surface area contributed by atoms with Gasteiger partial charge in [0.15, 0.2) is 0 Å². The molecule has 0 saturated carbocycles. The number of likely N-dealkylation sites (tertiary alicyclic amines) is 1. The van der Waals surface area contributed by atoms with Crippen LogP contribution < -0.4 is 5.32 Å². The Morgan fingerprint density at radius 1 is 1.39 bits per heavy atom. The zero-order valence-corrected chi connectivity index (χ0v) is 10.9. The summed E-state index contributed by atoms with van der Waals surface area (Å²) in [6, 6.07) is 5.98. The van der Waals surface area contributed by atoms with Crippen LogP contribution in [0.25, 0.3) is 0 Å². The van der Waals surface area contributed by atoms with Crippen LogP contribution in [0.15, 0.2) is 18.2 Å². The van der Waals surface area contributed by atoms with Crippen LogP contribution >= 0.6 is 0 Å². The summed E-state index contributed by atoms with van der Waals surface area (Å²) in [5.74, 6) is 0.363. The van der Waals surface area contributed by atoms with Gasteiger partial charge in [-0.25, -0.2) is 0 Å². The van der Waals surface area contributed by atoms with Crippen molar-refractivity contribution in [3.63, 3.8) is 0 Å². The third kappa shape index (κ3) is 2.89. The molecule has 0 spiro atoms. The number of aliphatic hydroxyl groups excluding tert-OH is 1. The fourth-order valence-electron chi connectivity index (χ4n) is 2.32. The predicted molar refractivity (Wildman–Crippen MR) is 71.6 cm³/mol. The standard InChI is InChI=1S/C14H20N2O2/c1-10-4-3-5-11(2)14(10)15-13(18)8-16-6-12(7-16)9-17/h3-5,12,17H,6-9H2,1-2H3,(H,15,18). The summed E-state index contributed by atoms with van der Waals surface area (Å²) in [5.41, 5.74) is 3.09. The van der Waals surface area contributed by atoms with Crippen LogP contribution in [0.3, 0.4) is 0 Å². The first-order valence-corrected chi connectivity index (χ1v) is 6.29. The van der Waals surface area contributed by atoms with Gasteiger partial charge in [0.05, 0.1) is 6.54 Å². The van der Waals surface area contributed by atoms with E-state index in [9.17, 15) is 4.79 Å². The number of hydrogen-bond donors (Lipinski definition) is 2. The zero-order valence-electron chi connectivity index (χ0n) is 10.9. The van der Waals surface area contributed by atoms with Crippen LogP contribution in [0.2, 0.25) is 0 Å². The molecule has 1 heterocycles. The molecule has 1 amide bonds. The van der Waals surface area contributed by atoms with Crippen LogP contribution in [-0.4, -0.2) is 42.2 Å². The Morgan fingerprint density at radius 3 is 2.56 bits per heavy atom. The summed E-state index contributed by atoms with van der Waals surface area (Å²) in [5, 5.41) is 11.9.